The van der Waals surface area contributed by atoms with E-state index in [4.69, 9.17) is 10.5 Å². The number of amides is 2. The predicted octanol–water partition coefficient (Wildman–Crippen LogP) is 6.55. The molecule has 1 aliphatic heterocycles. The second-order valence-corrected chi connectivity index (χ2v) is 9.75. The summed E-state index contributed by atoms with van der Waals surface area (Å²) < 4.78 is 7.23. The minimum atomic E-state index is -0.559. The first kappa shape index (κ1) is 25.0. The summed E-state index contributed by atoms with van der Waals surface area (Å²) in [5.41, 5.74) is 9.62. The van der Waals surface area contributed by atoms with Gasteiger partial charge in [0.15, 0.2) is 0 Å². The molecule has 1 saturated heterocycles. The summed E-state index contributed by atoms with van der Waals surface area (Å²) in [6, 6.07) is 24.3. The molecule has 2 amide bonds. The summed E-state index contributed by atoms with van der Waals surface area (Å²) >= 11 is 1.78. The average molecular weight is 508 g/mol. The molecule has 35 heavy (non-hydrogen) atoms. The zero-order chi connectivity index (χ0) is 23.3. The second kappa shape index (κ2) is 11.6. The van der Waals surface area contributed by atoms with Crippen molar-refractivity contribution in [2.24, 2.45) is 5.73 Å². The number of primary amides is 1. The van der Waals surface area contributed by atoms with E-state index in [1.54, 1.807) is 11.3 Å². The van der Waals surface area contributed by atoms with Crippen LogP contribution in [0, 0.1) is 0 Å². The molecule has 0 atom stereocenters. The van der Waals surface area contributed by atoms with E-state index in [0.717, 1.165) is 30.9 Å². The Morgan fingerprint density at radius 1 is 1.00 bits per heavy atom. The molecule has 4 aromatic rings. The molecule has 0 aliphatic carbocycles. The van der Waals surface area contributed by atoms with Gasteiger partial charge in [-0.1, -0.05) is 42.5 Å². The van der Waals surface area contributed by atoms with Crippen LogP contribution >= 0.6 is 23.7 Å². The molecular weight excluding hydrogens is 478 g/mol. The number of ether oxygens (including phenoxy) is 1. The first-order valence-corrected chi connectivity index (χ1v) is 12.6. The highest BCUT2D eigenvalue weighted by Crippen LogP contribution is 2.40. The van der Waals surface area contributed by atoms with Gasteiger partial charge < -0.3 is 15.8 Å². The maximum atomic E-state index is 11.3. The van der Waals surface area contributed by atoms with Gasteiger partial charge in [0.2, 0.25) is 0 Å². The van der Waals surface area contributed by atoms with Crippen LogP contribution in [0.5, 0.6) is 5.75 Å². The minimum Gasteiger partial charge on any atom is -0.492 e. The second-order valence-electron chi connectivity index (χ2n) is 8.69. The van der Waals surface area contributed by atoms with E-state index in [1.165, 1.54) is 52.0 Å². The Kier molecular flexibility index (Phi) is 8.29. The van der Waals surface area contributed by atoms with Gasteiger partial charge in [-0.05, 0) is 84.8 Å². The van der Waals surface area contributed by atoms with Gasteiger partial charge in [-0.25, -0.2) is 4.79 Å². The zero-order valence-electron chi connectivity index (χ0n) is 19.5. The fourth-order valence-electron chi connectivity index (χ4n) is 4.59. The van der Waals surface area contributed by atoms with Crippen molar-refractivity contribution in [1.29, 1.82) is 0 Å². The van der Waals surface area contributed by atoms with E-state index in [-0.39, 0.29) is 12.4 Å². The third-order valence-electron chi connectivity index (χ3n) is 6.27. The summed E-state index contributed by atoms with van der Waals surface area (Å²) in [4.78, 5) is 15.0. The van der Waals surface area contributed by atoms with Crippen molar-refractivity contribution in [3.05, 3.63) is 83.9 Å². The quantitative estimate of drug-likeness (QED) is 0.284. The number of hydrogen-bond donors (Lipinski definition) is 2. The lowest BCUT2D eigenvalue weighted by Gasteiger charge is -2.15. The molecule has 5 nitrogen and oxygen atoms in total. The molecule has 3 aromatic carbocycles. The first-order valence-electron chi connectivity index (χ1n) is 11.8. The molecule has 7 heteroatoms. The lowest BCUT2D eigenvalue weighted by molar-refractivity contribution is 0.238. The summed E-state index contributed by atoms with van der Waals surface area (Å²) in [6.45, 7) is 4.12. The first-order chi connectivity index (χ1) is 16.7. The Hall–Kier alpha value is -3.06. The number of likely N-dealkylation sites (tertiary alicyclic amines) is 1. The molecule has 182 valence electrons. The number of fused-ring (bicyclic) bond motifs is 1. The number of urea groups is 1. The third-order valence-corrected chi connectivity index (χ3v) is 7.53. The molecule has 3 N–H and O–H groups in total. The highest BCUT2D eigenvalue weighted by molar-refractivity contribution is 7.22. The molecule has 1 fully saturated rings. The van der Waals surface area contributed by atoms with Gasteiger partial charge in [0, 0.05) is 21.8 Å². The number of nitrogens with one attached hydrogen (secondary N) is 1. The van der Waals surface area contributed by atoms with Crippen molar-refractivity contribution in [3.8, 4) is 16.2 Å². The van der Waals surface area contributed by atoms with E-state index in [1.807, 2.05) is 18.2 Å². The van der Waals surface area contributed by atoms with Gasteiger partial charge in [0.25, 0.3) is 0 Å². The summed E-state index contributed by atoms with van der Waals surface area (Å²) in [5, 5.41) is 3.95. The van der Waals surface area contributed by atoms with Crippen LogP contribution in [-0.2, 0) is 6.42 Å². The van der Waals surface area contributed by atoms with E-state index >= 15 is 0 Å². The van der Waals surface area contributed by atoms with Gasteiger partial charge in [-0.15, -0.1) is 23.7 Å². The molecule has 0 spiro atoms. The van der Waals surface area contributed by atoms with E-state index in [9.17, 15) is 4.79 Å². The fraction of sp³-hybridized carbons (Fsp3) is 0.250. The molecule has 0 bridgehead atoms. The maximum Gasteiger partial charge on any atom is 0.316 e. The van der Waals surface area contributed by atoms with Crippen molar-refractivity contribution in [2.75, 3.05) is 31.6 Å². The predicted molar refractivity (Wildman–Crippen MR) is 148 cm³/mol. The highest BCUT2D eigenvalue weighted by atomic mass is 35.5. The minimum absolute atomic E-state index is 0. The number of hydrogen-bond acceptors (Lipinski definition) is 4. The Labute approximate surface area is 216 Å². The largest absolute Gasteiger partial charge is 0.492 e. The number of halogens is 1. The number of nitrogens with zero attached hydrogens (tertiary/aromatic N) is 1. The number of benzene rings is 3. The number of nitrogens with two attached hydrogens (primary N) is 1. The number of rotatable bonds is 8. The molecule has 0 unspecified atom stereocenters. The maximum absolute atomic E-state index is 11.3. The number of thiophene rings is 1. The average Bonchev–Trinajstić information content (AvgIpc) is 3.48. The van der Waals surface area contributed by atoms with Crippen LogP contribution in [0.4, 0.5) is 10.5 Å². The fourth-order valence-corrected chi connectivity index (χ4v) is 5.81. The van der Waals surface area contributed by atoms with Crippen molar-refractivity contribution in [3.63, 3.8) is 0 Å². The van der Waals surface area contributed by atoms with Crippen LogP contribution in [0.2, 0.25) is 0 Å². The van der Waals surface area contributed by atoms with Gasteiger partial charge in [-0.2, -0.15) is 0 Å². The Morgan fingerprint density at radius 3 is 2.54 bits per heavy atom. The number of carbonyl (C=O) groups excluding carboxylic acids is 1. The molecule has 5 rings (SSSR count). The lowest BCUT2D eigenvalue weighted by atomic mass is 9.98. The van der Waals surface area contributed by atoms with Gasteiger partial charge in [-0.3, -0.25) is 4.90 Å². The van der Waals surface area contributed by atoms with Crippen LogP contribution in [0.1, 0.15) is 24.0 Å². The van der Waals surface area contributed by atoms with E-state index < -0.39 is 6.03 Å². The van der Waals surface area contributed by atoms with Crippen LogP contribution in [0.25, 0.3) is 20.5 Å². The van der Waals surface area contributed by atoms with Crippen molar-refractivity contribution < 1.29 is 9.53 Å². The van der Waals surface area contributed by atoms with E-state index in [2.05, 4.69) is 64.8 Å². The zero-order valence-corrected chi connectivity index (χ0v) is 21.2. The van der Waals surface area contributed by atoms with Crippen molar-refractivity contribution in [1.82, 2.24) is 4.90 Å². The topological polar surface area (TPSA) is 67.6 Å². The number of anilines is 1. The Bertz CT molecular complexity index is 1280. The molecule has 1 aliphatic rings. The lowest BCUT2D eigenvalue weighted by Crippen LogP contribution is -2.25. The molecule has 2 heterocycles. The highest BCUT2D eigenvalue weighted by Gasteiger charge is 2.15. The molecule has 0 radical (unpaired) electrons. The van der Waals surface area contributed by atoms with Crippen molar-refractivity contribution in [2.45, 2.75) is 19.3 Å². The third kappa shape index (κ3) is 6.14. The standard InChI is InChI=1S/C28H29N3O2S.ClH/c29-28(32)30-22-7-5-6-21(19-22)27-25(24-8-1-2-9-26(24)34-27)18-20-10-12-23(13-11-20)33-17-16-31-14-3-4-15-31;/h1-2,5-13,19H,3-4,14-18H2,(H3,29,30,32);1H. The monoisotopic (exact) mass is 507 g/mol. The normalized spacial score (nSPS) is 13.5. The van der Waals surface area contributed by atoms with Crippen molar-refractivity contribution >= 4 is 45.5 Å². The Balaban J connectivity index is 0.00000289. The molecule has 0 saturated carbocycles. The summed E-state index contributed by atoms with van der Waals surface area (Å²) in [6.07, 6.45) is 3.43. The Morgan fingerprint density at radius 2 is 1.77 bits per heavy atom. The van der Waals surface area contributed by atoms with Crippen LogP contribution in [0.3, 0.4) is 0 Å². The van der Waals surface area contributed by atoms with Gasteiger partial charge in [0.05, 0.1) is 0 Å². The molecule has 1 aromatic heterocycles. The number of carbonyl (C=O) groups is 1. The molecular formula is C28H30ClN3O2S. The smallest absolute Gasteiger partial charge is 0.316 e. The van der Waals surface area contributed by atoms with Gasteiger partial charge >= 0.3 is 6.03 Å². The van der Waals surface area contributed by atoms with Crippen LogP contribution < -0.4 is 15.8 Å². The van der Waals surface area contributed by atoms with Crippen LogP contribution in [-0.4, -0.2) is 37.2 Å². The van der Waals surface area contributed by atoms with Crippen LogP contribution in [0.15, 0.2) is 72.8 Å². The summed E-state index contributed by atoms with van der Waals surface area (Å²) in [7, 11) is 0. The van der Waals surface area contributed by atoms with E-state index in [0.29, 0.717) is 5.69 Å². The van der Waals surface area contributed by atoms with Gasteiger partial charge in [0.1, 0.15) is 12.4 Å². The SMILES string of the molecule is Cl.NC(=O)Nc1cccc(-c2sc3ccccc3c2Cc2ccc(OCCN3CCCC3)cc2)c1. The summed E-state index contributed by atoms with van der Waals surface area (Å²) in [5.74, 6) is 0.920.